The van der Waals surface area contributed by atoms with Crippen LogP contribution in [0.1, 0.15) is 169 Å². The van der Waals surface area contributed by atoms with E-state index in [0.29, 0.717) is 0 Å². The molecule has 0 saturated heterocycles. The van der Waals surface area contributed by atoms with Gasteiger partial charge in [0.2, 0.25) is 0 Å². The molecule has 0 radical (unpaired) electrons. The average Bonchev–Trinajstić information content (AvgIpc) is 3.60. The highest BCUT2D eigenvalue weighted by Gasteiger charge is 2.27. The Hall–Kier alpha value is -5.44. The molecular weight excluding hydrogens is 1060 g/mol. The molecule has 0 N–H and O–H groups in total. The molecule has 2 heterocycles. The Morgan fingerprint density at radius 1 is 0.368 bits per heavy atom. The lowest BCUT2D eigenvalue weighted by Gasteiger charge is -2.25. The van der Waals surface area contributed by atoms with Crippen LogP contribution in [0, 0.1) is 0 Å². The van der Waals surface area contributed by atoms with Gasteiger partial charge >= 0.3 is 0 Å². The van der Waals surface area contributed by atoms with Gasteiger partial charge in [0.05, 0.1) is 46.3 Å². The molecule has 10 aromatic rings. The molecule has 0 aliphatic rings. The molecule has 0 saturated carbocycles. The summed E-state index contributed by atoms with van der Waals surface area (Å²) in [6.07, 6.45) is 20.4. The molecule has 10 rings (SSSR count). The van der Waals surface area contributed by atoms with Gasteiger partial charge in [0, 0.05) is 41.3 Å². The third-order valence-electron chi connectivity index (χ3n) is 15.7. The van der Waals surface area contributed by atoms with E-state index in [1.807, 2.05) is 12.1 Å². The minimum absolute atomic E-state index is 0.166. The summed E-state index contributed by atoms with van der Waals surface area (Å²) in [5.41, 5.74) is 13.4. The number of rotatable bonds is 22. The molecule has 0 bridgehead atoms. The van der Waals surface area contributed by atoms with Crippen molar-refractivity contribution in [3.63, 3.8) is 0 Å². The zero-order valence-electron chi connectivity index (χ0n) is 46.3. The Kier molecular flexibility index (Phi) is 16.5. The van der Waals surface area contributed by atoms with Crippen LogP contribution in [-0.2, 0) is 10.8 Å². The van der Waals surface area contributed by atoms with Crippen molar-refractivity contribution in [2.45, 2.75) is 169 Å². The van der Waals surface area contributed by atoms with Gasteiger partial charge in [-0.05, 0) is 162 Å². The molecule has 6 nitrogen and oxygen atoms in total. The first-order chi connectivity index (χ1) is 36.7. The zero-order valence-corrected chi connectivity index (χ0v) is 49.5. The van der Waals surface area contributed by atoms with E-state index in [0.717, 1.165) is 145 Å². The number of aromatic nitrogens is 4. The SMILES string of the molecule is CCCCCCCCCCOc1ccc(-c2cc3nc4c5cc(C(C)(C)C)cc6c7nc8c(Br)ccc(Br)c8nc7c7cc(C(C)(C)C)cc(c4nc3cc2-c2ccc(OCCCCCCCCCC)cc2)c7c56)cc1. The number of hydrogen-bond donors (Lipinski definition) is 0. The van der Waals surface area contributed by atoms with Gasteiger partial charge in [-0.2, -0.15) is 0 Å². The normalized spacial score (nSPS) is 12.5. The van der Waals surface area contributed by atoms with Gasteiger partial charge in [0.25, 0.3) is 0 Å². The van der Waals surface area contributed by atoms with Crippen molar-refractivity contribution in [1.29, 1.82) is 0 Å². The van der Waals surface area contributed by atoms with Crippen LogP contribution in [0.4, 0.5) is 0 Å². The van der Waals surface area contributed by atoms with Gasteiger partial charge in [-0.3, -0.25) is 0 Å². The Balaban J connectivity index is 1.11. The maximum atomic E-state index is 6.33. The molecule has 8 heteroatoms. The highest BCUT2D eigenvalue weighted by atomic mass is 79.9. The quantitative estimate of drug-likeness (QED) is 0.0383. The van der Waals surface area contributed by atoms with Crippen LogP contribution in [0.25, 0.3) is 98.7 Å². The molecule has 0 aliphatic heterocycles. The molecule has 0 fully saturated rings. The lowest BCUT2D eigenvalue weighted by atomic mass is 9.80. The summed E-state index contributed by atoms with van der Waals surface area (Å²) in [4.78, 5) is 22.5. The number of benzene rings is 8. The van der Waals surface area contributed by atoms with Crippen LogP contribution >= 0.6 is 31.9 Å². The van der Waals surface area contributed by atoms with E-state index >= 15 is 0 Å². The molecule has 0 unspecified atom stereocenters. The van der Waals surface area contributed by atoms with Gasteiger partial charge in [-0.1, -0.05) is 170 Å². The van der Waals surface area contributed by atoms with Crippen molar-refractivity contribution in [3.8, 4) is 33.8 Å². The first-order valence-corrected chi connectivity index (χ1v) is 30.2. The number of hydrogen-bond acceptors (Lipinski definition) is 6. The lowest BCUT2D eigenvalue weighted by Crippen LogP contribution is -2.12. The number of fused-ring (bicyclic) bond motifs is 8. The fourth-order valence-corrected chi connectivity index (χ4v) is 12.0. The van der Waals surface area contributed by atoms with Gasteiger partial charge in [-0.25, -0.2) is 19.9 Å². The molecular formula is C68H76Br2N4O2. The maximum Gasteiger partial charge on any atom is 0.119 e. The summed E-state index contributed by atoms with van der Waals surface area (Å²) in [5.74, 6) is 1.80. The van der Waals surface area contributed by atoms with Crippen LogP contribution in [0.3, 0.4) is 0 Å². The van der Waals surface area contributed by atoms with Crippen LogP contribution in [0.5, 0.6) is 11.5 Å². The molecule has 0 amide bonds. The van der Waals surface area contributed by atoms with Crippen LogP contribution < -0.4 is 9.47 Å². The van der Waals surface area contributed by atoms with Crippen molar-refractivity contribution < 1.29 is 9.47 Å². The van der Waals surface area contributed by atoms with E-state index in [2.05, 4.69) is 172 Å². The van der Waals surface area contributed by atoms with Crippen molar-refractivity contribution >= 4 is 108 Å². The maximum absolute atomic E-state index is 6.33. The first kappa shape index (κ1) is 53.9. The van der Waals surface area contributed by atoms with Crippen LogP contribution in [0.2, 0.25) is 0 Å². The first-order valence-electron chi connectivity index (χ1n) is 28.6. The molecule has 2 aromatic heterocycles. The highest BCUT2D eigenvalue weighted by molar-refractivity contribution is 9.11. The number of unbranched alkanes of at least 4 members (excludes halogenated alkanes) is 14. The van der Waals surface area contributed by atoms with E-state index in [4.69, 9.17) is 29.4 Å². The topological polar surface area (TPSA) is 70.0 Å². The van der Waals surface area contributed by atoms with Crippen LogP contribution in [0.15, 0.2) is 106 Å². The summed E-state index contributed by atoms with van der Waals surface area (Å²) in [7, 11) is 0. The molecule has 394 valence electrons. The van der Waals surface area contributed by atoms with E-state index < -0.39 is 0 Å². The Labute approximate surface area is 467 Å². The van der Waals surface area contributed by atoms with Gasteiger partial charge < -0.3 is 9.47 Å². The monoisotopic (exact) mass is 1140 g/mol. The zero-order chi connectivity index (χ0) is 53.1. The van der Waals surface area contributed by atoms with Crippen molar-refractivity contribution in [1.82, 2.24) is 19.9 Å². The summed E-state index contributed by atoms with van der Waals surface area (Å²) >= 11 is 7.68. The van der Waals surface area contributed by atoms with E-state index in [1.54, 1.807) is 0 Å². The summed E-state index contributed by atoms with van der Waals surface area (Å²) < 4.78 is 14.5. The van der Waals surface area contributed by atoms with E-state index in [-0.39, 0.29) is 10.8 Å². The summed E-state index contributed by atoms with van der Waals surface area (Å²) in [6.45, 7) is 19.7. The van der Waals surface area contributed by atoms with Crippen molar-refractivity contribution in [2.24, 2.45) is 0 Å². The van der Waals surface area contributed by atoms with Crippen LogP contribution in [-0.4, -0.2) is 33.1 Å². The second-order valence-corrected chi connectivity index (χ2v) is 25.3. The minimum Gasteiger partial charge on any atom is -0.494 e. The second kappa shape index (κ2) is 23.3. The minimum atomic E-state index is -0.166. The highest BCUT2D eigenvalue weighted by Crippen LogP contribution is 2.48. The third kappa shape index (κ3) is 11.4. The Morgan fingerprint density at radius 2 is 0.684 bits per heavy atom. The van der Waals surface area contributed by atoms with E-state index in [1.165, 1.54) is 101 Å². The molecule has 76 heavy (non-hydrogen) atoms. The lowest BCUT2D eigenvalue weighted by molar-refractivity contribution is 0.304. The fraction of sp³-hybridized carbons (Fsp3) is 0.412. The predicted octanol–water partition coefficient (Wildman–Crippen LogP) is 21.3. The number of nitrogens with zero attached hydrogens (tertiary/aromatic N) is 4. The van der Waals surface area contributed by atoms with Crippen molar-refractivity contribution in [3.05, 3.63) is 117 Å². The van der Waals surface area contributed by atoms with E-state index in [9.17, 15) is 0 Å². The third-order valence-corrected chi connectivity index (χ3v) is 17.0. The van der Waals surface area contributed by atoms with Gasteiger partial charge in [0.15, 0.2) is 0 Å². The fourth-order valence-electron chi connectivity index (χ4n) is 11.2. The Bertz CT molecular complexity index is 3430. The predicted molar refractivity (Wildman–Crippen MR) is 331 cm³/mol. The van der Waals surface area contributed by atoms with Gasteiger partial charge in [-0.15, -0.1) is 0 Å². The smallest absolute Gasteiger partial charge is 0.119 e. The number of halogens is 2. The molecule has 8 aromatic carbocycles. The Morgan fingerprint density at radius 3 is 1.01 bits per heavy atom. The molecule has 0 spiro atoms. The standard InChI is InChI=1S/C68H76Br2N4O2/c1-9-11-13-15-17-19-21-23-35-75-47-29-25-43(26-30-47)49-41-57-58(42-50(49)44-27-31-48(32-28-44)76-36-24-22-20-18-16-14-12-10-2)72-62-52-38-46(68(6,7)8)40-54-60(52)59-51(61(62)71-57)37-45(67(3,4)5)39-53(59)63-64(54)74-66-56(70)34-33-55(69)65(66)73-63/h25-34,37-42H,9-24,35-36H2,1-8H3. The molecule has 0 aliphatic carbocycles. The number of ether oxygens (including phenoxy) is 2. The largest absolute Gasteiger partial charge is 0.494 e. The average molecular weight is 1140 g/mol. The van der Waals surface area contributed by atoms with Crippen molar-refractivity contribution in [2.75, 3.05) is 13.2 Å². The summed E-state index contributed by atoms with van der Waals surface area (Å²) in [6, 6.07) is 35.4. The van der Waals surface area contributed by atoms with Gasteiger partial charge in [0.1, 0.15) is 22.5 Å². The summed E-state index contributed by atoms with van der Waals surface area (Å²) in [5, 5.41) is 6.61. The second-order valence-electron chi connectivity index (χ2n) is 23.5. The molecule has 0 atom stereocenters.